The second kappa shape index (κ2) is 34.7. The average Bonchev–Trinajstić information content (AvgIpc) is 3.28. The first kappa shape index (κ1) is 59.6. The first-order valence-corrected chi connectivity index (χ1v) is 26.6. The molecule has 0 unspecified atom stereocenters. The van der Waals surface area contributed by atoms with E-state index in [1.165, 1.54) is 93.4 Å². The number of aromatic hydroxyl groups is 2. The summed E-state index contributed by atoms with van der Waals surface area (Å²) < 4.78 is 0. The fourth-order valence-corrected chi connectivity index (χ4v) is 8.63. The summed E-state index contributed by atoms with van der Waals surface area (Å²) in [5.41, 5.74) is 17.9. The molecule has 0 spiro atoms. The Kier molecular flexibility index (Phi) is 30.4. The lowest BCUT2D eigenvalue weighted by atomic mass is 9.95. The molecule has 0 heterocycles. The second-order valence-electron chi connectivity index (χ2n) is 20.7. The quantitative estimate of drug-likeness (QED) is 0.0567. The van der Waals surface area contributed by atoms with Gasteiger partial charge in [-0.2, -0.15) is 0 Å². The molecule has 0 radical (unpaired) electrons. The van der Waals surface area contributed by atoms with Crippen LogP contribution in [0.4, 0.5) is 0 Å². The van der Waals surface area contributed by atoms with E-state index in [1.54, 1.807) is 0 Å². The van der Waals surface area contributed by atoms with Gasteiger partial charge in [0, 0.05) is 16.3 Å². The molecule has 0 aliphatic carbocycles. The number of hydrogen-bond acceptors (Lipinski definition) is 2. The first-order valence-electron chi connectivity index (χ1n) is 26.6. The Morgan fingerprint density at radius 1 is 0.324 bits per heavy atom. The van der Waals surface area contributed by atoms with Crippen molar-refractivity contribution in [1.29, 1.82) is 0 Å². The number of fused-ring (bicyclic) bond motifs is 1. The highest BCUT2D eigenvalue weighted by Gasteiger charge is 2.15. The van der Waals surface area contributed by atoms with Crippen molar-refractivity contribution in [3.05, 3.63) is 164 Å². The summed E-state index contributed by atoms with van der Waals surface area (Å²) in [5.74, 6) is 0.548. The van der Waals surface area contributed by atoms with E-state index in [4.69, 9.17) is 0 Å². The molecule has 2 nitrogen and oxygen atoms in total. The van der Waals surface area contributed by atoms with E-state index in [1.807, 2.05) is 31.2 Å². The molecular formula is C66H98O2. The van der Waals surface area contributed by atoms with Gasteiger partial charge >= 0.3 is 0 Å². The van der Waals surface area contributed by atoms with Crippen molar-refractivity contribution < 1.29 is 10.2 Å². The van der Waals surface area contributed by atoms with Crippen LogP contribution in [0, 0.1) is 6.92 Å². The van der Waals surface area contributed by atoms with Gasteiger partial charge in [0.15, 0.2) is 0 Å². The van der Waals surface area contributed by atoms with Gasteiger partial charge < -0.3 is 10.2 Å². The van der Waals surface area contributed by atoms with Gasteiger partial charge in [-0.1, -0.05) is 152 Å². The lowest BCUT2D eigenvalue weighted by Gasteiger charge is -2.13. The maximum absolute atomic E-state index is 10.9. The van der Waals surface area contributed by atoms with Crippen molar-refractivity contribution >= 4 is 10.8 Å². The van der Waals surface area contributed by atoms with Crippen LogP contribution in [0.15, 0.2) is 152 Å². The third-order valence-corrected chi connectivity index (χ3v) is 13.6. The lowest BCUT2D eigenvalue weighted by Crippen LogP contribution is -1.92. The summed E-state index contributed by atoms with van der Waals surface area (Å²) in [6.07, 6.45) is 49.9. The third-order valence-electron chi connectivity index (χ3n) is 13.6. The van der Waals surface area contributed by atoms with Crippen LogP contribution < -0.4 is 0 Å². The number of benzene rings is 2. The number of phenols is 2. The van der Waals surface area contributed by atoms with Crippen molar-refractivity contribution in [3.63, 3.8) is 0 Å². The summed E-state index contributed by atoms with van der Waals surface area (Å²) in [6.45, 7) is 29.0. The Labute approximate surface area is 419 Å². The molecule has 374 valence electrons. The van der Waals surface area contributed by atoms with E-state index in [2.05, 4.69) is 150 Å². The molecule has 0 fully saturated rings. The van der Waals surface area contributed by atoms with Crippen LogP contribution in [0.3, 0.4) is 0 Å². The predicted molar refractivity (Wildman–Crippen MR) is 305 cm³/mol. The maximum Gasteiger partial charge on any atom is 0.127 e. The van der Waals surface area contributed by atoms with Gasteiger partial charge in [-0.25, -0.2) is 0 Å². The highest BCUT2D eigenvalue weighted by molar-refractivity contribution is 5.95. The van der Waals surface area contributed by atoms with Crippen molar-refractivity contribution in [3.8, 4) is 11.5 Å². The van der Waals surface area contributed by atoms with Gasteiger partial charge in [0.05, 0.1) is 0 Å². The Morgan fingerprint density at radius 2 is 0.544 bits per heavy atom. The lowest BCUT2D eigenvalue weighted by molar-refractivity contribution is 0.461. The molecule has 0 bridgehead atoms. The minimum atomic E-state index is 0.267. The fraction of sp³-hybridized carbons (Fsp3) is 0.515. The summed E-state index contributed by atoms with van der Waals surface area (Å²) in [7, 11) is 0. The summed E-state index contributed by atoms with van der Waals surface area (Å²) in [6, 6.07) is 7.51. The van der Waals surface area contributed by atoms with Gasteiger partial charge in [-0.3, -0.25) is 0 Å². The maximum atomic E-state index is 10.9. The molecule has 0 saturated heterocycles. The van der Waals surface area contributed by atoms with E-state index < -0.39 is 0 Å². The zero-order valence-corrected chi connectivity index (χ0v) is 45.9. The first-order chi connectivity index (χ1) is 32.5. The largest absolute Gasteiger partial charge is 0.507 e. The number of rotatable bonds is 32. The van der Waals surface area contributed by atoms with Crippen LogP contribution >= 0.6 is 0 Å². The van der Waals surface area contributed by atoms with Crippen molar-refractivity contribution in [1.82, 2.24) is 0 Å². The van der Waals surface area contributed by atoms with Crippen LogP contribution in [-0.4, -0.2) is 10.2 Å². The summed E-state index contributed by atoms with van der Waals surface area (Å²) in [5, 5.41) is 23.0. The Morgan fingerprint density at radius 3 is 0.794 bits per heavy atom. The SMILES string of the molecule is CC(C)=CCC/C(C)=C/CC/C(C)=C/CC/C(C)=C/CC/C(C)=C\CC/C(C)=C/CC/C(C)=C/CC/C(C)=C/CC/C(C)=C/CC/C(C)=C\CC/C(C)=C/Cc1c(C)c(O)c2ccccc2c1O. The van der Waals surface area contributed by atoms with Gasteiger partial charge in [-0.05, 0) is 230 Å². The molecule has 2 N–H and O–H groups in total. The number of phenolic OH excluding ortho intramolecular Hbond substituents is 2. The third kappa shape index (κ3) is 26.8. The van der Waals surface area contributed by atoms with Gasteiger partial charge in [-0.15, -0.1) is 0 Å². The average molecular weight is 924 g/mol. The van der Waals surface area contributed by atoms with E-state index in [-0.39, 0.29) is 11.5 Å². The Balaban J connectivity index is 1.58. The van der Waals surface area contributed by atoms with E-state index in [9.17, 15) is 10.2 Å². The monoisotopic (exact) mass is 923 g/mol. The molecule has 0 saturated carbocycles. The van der Waals surface area contributed by atoms with Crippen LogP contribution in [0.1, 0.15) is 223 Å². The zero-order chi connectivity index (χ0) is 50.3. The molecule has 68 heavy (non-hydrogen) atoms. The van der Waals surface area contributed by atoms with Crippen LogP contribution in [-0.2, 0) is 6.42 Å². The zero-order valence-electron chi connectivity index (χ0n) is 45.9. The fourth-order valence-electron chi connectivity index (χ4n) is 8.63. The second-order valence-corrected chi connectivity index (χ2v) is 20.7. The van der Waals surface area contributed by atoms with E-state index in [0.717, 1.165) is 107 Å². The molecule has 0 aliphatic heterocycles. The molecule has 0 amide bonds. The highest BCUT2D eigenvalue weighted by Crippen LogP contribution is 2.39. The minimum Gasteiger partial charge on any atom is -0.507 e. The van der Waals surface area contributed by atoms with Crippen LogP contribution in [0.5, 0.6) is 11.5 Å². The standard InChI is InChI=1S/C66H98O2/c1-50(2)26-16-27-51(3)28-17-29-52(4)30-18-31-53(5)32-19-33-54(6)34-20-35-55(7)36-21-37-56(8)38-22-39-57(9)40-23-41-58(10)42-24-43-59(11)44-25-45-60(12)48-49-62-61(13)65(67)63-46-14-15-47-64(63)66(62)68/h14-15,26,28,30,32,34,36,38,40,42,44,46-48,67-68H,16-25,27,29,31,33,35,37,39,41,43,45,49H2,1-13H3/b51-28+,52-30+,53-32+,54-34-,55-36+,56-38+,57-40+,58-42+,59-44-,60-48+. The van der Waals surface area contributed by atoms with Crippen molar-refractivity contribution in [2.45, 2.75) is 225 Å². The molecular weight excluding hydrogens is 825 g/mol. The number of allylic oxidation sites excluding steroid dienone is 22. The Hall–Kier alpha value is -4.56. The summed E-state index contributed by atoms with van der Waals surface area (Å²) >= 11 is 0. The number of hydrogen-bond donors (Lipinski definition) is 2. The summed E-state index contributed by atoms with van der Waals surface area (Å²) in [4.78, 5) is 0. The molecule has 2 aromatic carbocycles. The molecule has 2 heteroatoms. The molecule has 0 aliphatic rings. The normalized spacial score (nSPS) is 14.4. The van der Waals surface area contributed by atoms with Gasteiger partial charge in [0.25, 0.3) is 0 Å². The van der Waals surface area contributed by atoms with Gasteiger partial charge in [0.2, 0.25) is 0 Å². The minimum absolute atomic E-state index is 0.267. The van der Waals surface area contributed by atoms with Crippen LogP contribution in [0.2, 0.25) is 0 Å². The highest BCUT2D eigenvalue weighted by atomic mass is 16.3. The molecule has 2 aromatic rings. The van der Waals surface area contributed by atoms with E-state index >= 15 is 0 Å². The molecule has 0 aromatic heterocycles. The predicted octanol–water partition coefficient (Wildman–Crippen LogP) is 21.3. The topological polar surface area (TPSA) is 40.5 Å². The van der Waals surface area contributed by atoms with E-state index in [0.29, 0.717) is 17.2 Å². The van der Waals surface area contributed by atoms with Crippen LogP contribution in [0.25, 0.3) is 10.8 Å². The van der Waals surface area contributed by atoms with Crippen molar-refractivity contribution in [2.75, 3.05) is 0 Å². The molecule has 2 rings (SSSR count). The smallest absolute Gasteiger partial charge is 0.127 e. The Bertz CT molecular complexity index is 2190. The van der Waals surface area contributed by atoms with Gasteiger partial charge in [0.1, 0.15) is 11.5 Å². The molecule has 0 atom stereocenters. The van der Waals surface area contributed by atoms with Crippen molar-refractivity contribution in [2.24, 2.45) is 0 Å².